The van der Waals surface area contributed by atoms with Crippen molar-refractivity contribution in [1.29, 1.82) is 0 Å². The largest absolute Gasteiger partial charge is 0.454 e. The van der Waals surface area contributed by atoms with E-state index in [-0.39, 0.29) is 12.2 Å². The Morgan fingerprint density at radius 1 is 0.944 bits per heavy atom. The predicted octanol–water partition coefficient (Wildman–Crippen LogP) is 5.90. The van der Waals surface area contributed by atoms with E-state index < -0.39 is 0 Å². The van der Waals surface area contributed by atoms with Gasteiger partial charge in [-0.1, -0.05) is 49.7 Å². The number of benzene rings is 3. The van der Waals surface area contributed by atoms with Gasteiger partial charge in [0.05, 0.1) is 0 Å². The maximum absolute atomic E-state index is 13.0. The zero-order valence-corrected chi connectivity index (χ0v) is 21.6. The molecule has 2 unspecified atom stereocenters. The Morgan fingerprint density at radius 3 is 2.14 bits per heavy atom. The van der Waals surface area contributed by atoms with E-state index in [2.05, 4.69) is 75.1 Å². The first-order valence-corrected chi connectivity index (χ1v) is 12.5. The van der Waals surface area contributed by atoms with Crippen LogP contribution in [-0.2, 0) is 17.6 Å². The molecule has 6 heteroatoms. The lowest BCUT2D eigenvalue weighted by molar-refractivity contribution is -0.106. The van der Waals surface area contributed by atoms with Gasteiger partial charge in [-0.25, -0.2) is 4.39 Å². The molecule has 0 aliphatic carbocycles. The zero-order chi connectivity index (χ0) is 26.1. The van der Waals surface area contributed by atoms with Gasteiger partial charge in [0.2, 0.25) is 13.2 Å². The fraction of sp³-hybridized carbons (Fsp3) is 0.367. The van der Waals surface area contributed by atoms with Crippen LogP contribution < -0.4 is 20.5 Å². The van der Waals surface area contributed by atoms with Crippen LogP contribution in [0.3, 0.4) is 0 Å². The molecule has 2 aliphatic rings. The minimum atomic E-state index is -0.102. The van der Waals surface area contributed by atoms with Gasteiger partial charge < -0.3 is 20.5 Å². The first kappa shape index (κ1) is 27.2. The van der Waals surface area contributed by atoms with Crippen molar-refractivity contribution in [3.05, 3.63) is 93.8 Å². The van der Waals surface area contributed by atoms with Gasteiger partial charge in [0.15, 0.2) is 11.5 Å². The summed E-state index contributed by atoms with van der Waals surface area (Å²) in [6.45, 7) is 9.66. The lowest BCUT2D eigenvalue weighted by atomic mass is 9.93. The number of nitrogens with one attached hydrogen (secondary N) is 1. The summed E-state index contributed by atoms with van der Waals surface area (Å²) in [6, 6.07) is 18.9. The third-order valence-electron chi connectivity index (χ3n) is 6.83. The Kier molecular flexibility index (Phi) is 9.88. The van der Waals surface area contributed by atoms with Crippen LogP contribution in [0.5, 0.6) is 11.5 Å². The highest BCUT2D eigenvalue weighted by molar-refractivity contribution is 5.46. The van der Waals surface area contributed by atoms with E-state index in [1.165, 1.54) is 22.3 Å². The van der Waals surface area contributed by atoms with Gasteiger partial charge in [-0.3, -0.25) is 4.79 Å². The van der Waals surface area contributed by atoms with E-state index in [0.717, 1.165) is 48.4 Å². The quantitative estimate of drug-likeness (QED) is 0.445. The maximum Gasteiger partial charge on any atom is 0.231 e. The Hall–Kier alpha value is -3.38. The molecule has 2 heterocycles. The number of primary amides is 1. The molecule has 1 fully saturated rings. The number of amides is 1. The lowest BCUT2D eigenvalue weighted by Crippen LogP contribution is -2.13. The minimum absolute atomic E-state index is 0.102. The van der Waals surface area contributed by atoms with Crippen molar-refractivity contribution < 1.29 is 18.7 Å². The Bertz CT molecular complexity index is 1120. The van der Waals surface area contributed by atoms with Crippen LogP contribution >= 0.6 is 0 Å². The molecule has 0 bridgehead atoms. The van der Waals surface area contributed by atoms with Crippen molar-refractivity contribution in [2.75, 3.05) is 13.3 Å². The normalized spacial score (nSPS) is 17.5. The molecule has 2 atom stereocenters. The molecule has 0 saturated carbocycles. The summed E-state index contributed by atoms with van der Waals surface area (Å²) < 4.78 is 23.8. The molecule has 5 nitrogen and oxygen atoms in total. The molecule has 36 heavy (non-hydrogen) atoms. The Morgan fingerprint density at radius 2 is 1.53 bits per heavy atom. The van der Waals surface area contributed by atoms with Crippen LogP contribution in [0.15, 0.2) is 54.6 Å². The average molecular weight is 493 g/mol. The van der Waals surface area contributed by atoms with E-state index in [0.29, 0.717) is 18.8 Å². The summed E-state index contributed by atoms with van der Waals surface area (Å²) in [6.07, 6.45) is 3.20. The fourth-order valence-corrected chi connectivity index (χ4v) is 4.74. The topological polar surface area (TPSA) is 73.6 Å². The standard InChI is InChI=1S/C18H19NO2.C11H15F.CH3NO/c1-12-2-4-13(5-3-12)16-8-15(10-19-16)14-6-7-17-18(9-14)21-11-20-17;1-4-9-6-11(12)7-10(5-2)8(9)3;2-1-3/h2-7,9,15-16,19H,8,10-11H2,1H3;6-7H,4-5H2,1-3H3;1H,(H2,2,3). The number of ether oxygens (including phenoxy) is 2. The van der Waals surface area contributed by atoms with Gasteiger partial charge in [0.1, 0.15) is 5.82 Å². The molecule has 2 aliphatic heterocycles. The van der Waals surface area contributed by atoms with Crippen LogP contribution in [0.25, 0.3) is 0 Å². The van der Waals surface area contributed by atoms with Gasteiger partial charge in [-0.05, 0) is 91.1 Å². The predicted molar refractivity (Wildman–Crippen MR) is 142 cm³/mol. The molecule has 3 aromatic rings. The van der Waals surface area contributed by atoms with E-state index in [1.807, 2.05) is 6.07 Å². The second-order valence-corrected chi connectivity index (χ2v) is 9.11. The maximum atomic E-state index is 13.0. The molecule has 1 amide bonds. The highest BCUT2D eigenvalue weighted by Gasteiger charge is 2.27. The third-order valence-corrected chi connectivity index (χ3v) is 6.83. The van der Waals surface area contributed by atoms with Gasteiger partial charge in [-0.2, -0.15) is 0 Å². The van der Waals surface area contributed by atoms with Crippen LogP contribution in [0, 0.1) is 19.7 Å². The summed E-state index contributed by atoms with van der Waals surface area (Å²) >= 11 is 0. The van der Waals surface area contributed by atoms with Gasteiger partial charge in [0, 0.05) is 12.6 Å². The number of fused-ring (bicyclic) bond motifs is 1. The van der Waals surface area contributed by atoms with Crippen molar-refractivity contribution in [1.82, 2.24) is 5.32 Å². The molecule has 5 rings (SSSR count). The van der Waals surface area contributed by atoms with E-state index in [9.17, 15) is 4.39 Å². The second kappa shape index (κ2) is 13.1. The van der Waals surface area contributed by atoms with Crippen molar-refractivity contribution in [2.45, 2.75) is 58.9 Å². The second-order valence-electron chi connectivity index (χ2n) is 9.11. The van der Waals surface area contributed by atoms with Crippen LogP contribution in [0.4, 0.5) is 4.39 Å². The highest BCUT2D eigenvalue weighted by atomic mass is 19.1. The molecule has 1 saturated heterocycles. The Balaban J connectivity index is 0.000000205. The van der Waals surface area contributed by atoms with Gasteiger partial charge in [-0.15, -0.1) is 0 Å². The number of carbonyl (C=O) groups is 1. The van der Waals surface area contributed by atoms with Crippen molar-refractivity contribution in [2.24, 2.45) is 5.73 Å². The van der Waals surface area contributed by atoms with Crippen molar-refractivity contribution in [3.8, 4) is 11.5 Å². The number of rotatable bonds is 4. The fourth-order valence-electron chi connectivity index (χ4n) is 4.74. The van der Waals surface area contributed by atoms with E-state index >= 15 is 0 Å². The molecule has 0 spiro atoms. The average Bonchev–Trinajstić information content (AvgIpc) is 3.56. The molecule has 3 N–H and O–H groups in total. The SMILES string of the molecule is CCc1cc(F)cc(CC)c1C.Cc1ccc(C2CC(c3ccc4c(c3)OCO4)CN2)cc1.NC=O. The molecule has 0 radical (unpaired) electrons. The Labute approximate surface area is 213 Å². The molecule has 192 valence electrons. The lowest BCUT2D eigenvalue weighted by Gasteiger charge is -2.12. The summed E-state index contributed by atoms with van der Waals surface area (Å²) in [5.74, 6) is 2.17. The van der Waals surface area contributed by atoms with E-state index in [1.54, 1.807) is 12.1 Å². The molecular weight excluding hydrogens is 455 g/mol. The van der Waals surface area contributed by atoms with Crippen LogP contribution in [0.1, 0.15) is 65.6 Å². The third kappa shape index (κ3) is 6.85. The summed E-state index contributed by atoms with van der Waals surface area (Å²) in [4.78, 5) is 8.58. The van der Waals surface area contributed by atoms with E-state index in [4.69, 9.17) is 14.3 Å². The number of aryl methyl sites for hydroxylation is 3. The molecular formula is C30H37FN2O3. The van der Waals surface area contributed by atoms with Gasteiger partial charge in [0.25, 0.3) is 0 Å². The first-order chi connectivity index (χ1) is 17.4. The molecule has 0 aromatic heterocycles. The van der Waals surface area contributed by atoms with Crippen molar-refractivity contribution in [3.63, 3.8) is 0 Å². The summed E-state index contributed by atoms with van der Waals surface area (Å²) in [5, 5.41) is 3.64. The first-order valence-electron chi connectivity index (χ1n) is 12.5. The van der Waals surface area contributed by atoms with Crippen LogP contribution in [-0.4, -0.2) is 19.7 Å². The number of hydrogen-bond donors (Lipinski definition) is 2. The van der Waals surface area contributed by atoms with Crippen LogP contribution in [0.2, 0.25) is 0 Å². The van der Waals surface area contributed by atoms with Crippen molar-refractivity contribution >= 4 is 6.41 Å². The minimum Gasteiger partial charge on any atom is -0.454 e. The number of nitrogens with two attached hydrogens (primary N) is 1. The highest BCUT2D eigenvalue weighted by Crippen LogP contribution is 2.39. The monoisotopic (exact) mass is 492 g/mol. The number of carbonyl (C=O) groups excluding carboxylic acids is 1. The number of halogens is 1. The zero-order valence-electron chi connectivity index (χ0n) is 21.6. The smallest absolute Gasteiger partial charge is 0.231 e. The number of hydrogen-bond acceptors (Lipinski definition) is 4. The van der Waals surface area contributed by atoms with Gasteiger partial charge >= 0.3 is 0 Å². The summed E-state index contributed by atoms with van der Waals surface area (Å²) in [7, 11) is 0. The summed E-state index contributed by atoms with van der Waals surface area (Å²) in [5.41, 5.74) is 11.7. The molecule has 3 aromatic carbocycles.